The largest absolute Gasteiger partial charge is 0.373 e. The van der Waals surface area contributed by atoms with E-state index in [-0.39, 0.29) is 11.9 Å². The number of carbonyl (C=O) groups is 1. The average Bonchev–Trinajstić information content (AvgIpc) is 3.17. The van der Waals surface area contributed by atoms with Gasteiger partial charge >= 0.3 is 0 Å². The molecular formula is C14H17N5O2. The van der Waals surface area contributed by atoms with Gasteiger partial charge in [0.2, 0.25) is 0 Å². The van der Waals surface area contributed by atoms with E-state index in [1.165, 1.54) is 6.26 Å². The van der Waals surface area contributed by atoms with Gasteiger partial charge < -0.3 is 14.7 Å². The minimum absolute atomic E-state index is 0.0389. The summed E-state index contributed by atoms with van der Waals surface area (Å²) >= 11 is 0. The number of carbonyl (C=O) groups excluding carboxylic acids is 1. The molecule has 1 atom stereocenters. The molecule has 7 nitrogen and oxygen atoms in total. The van der Waals surface area contributed by atoms with E-state index >= 15 is 0 Å². The first-order chi connectivity index (χ1) is 10.2. The van der Waals surface area contributed by atoms with Gasteiger partial charge in [0.25, 0.3) is 5.91 Å². The SMILES string of the molecule is CNc1cc([C@@H]2CCCN2C(=O)c2ccon2)nc(C)n1. The zero-order valence-corrected chi connectivity index (χ0v) is 12.0. The van der Waals surface area contributed by atoms with Gasteiger partial charge in [0.05, 0.1) is 11.7 Å². The first-order valence-electron chi connectivity index (χ1n) is 6.93. The van der Waals surface area contributed by atoms with Crippen LogP contribution < -0.4 is 5.32 Å². The molecule has 2 aromatic rings. The lowest BCUT2D eigenvalue weighted by Crippen LogP contribution is -2.31. The molecule has 0 unspecified atom stereocenters. The smallest absolute Gasteiger partial charge is 0.276 e. The van der Waals surface area contributed by atoms with Crippen molar-refractivity contribution in [1.82, 2.24) is 20.0 Å². The summed E-state index contributed by atoms with van der Waals surface area (Å²) in [6.07, 6.45) is 3.25. The summed E-state index contributed by atoms with van der Waals surface area (Å²) in [7, 11) is 1.82. The molecule has 0 saturated carbocycles. The fourth-order valence-corrected chi connectivity index (χ4v) is 2.68. The van der Waals surface area contributed by atoms with Crippen LogP contribution in [0.1, 0.15) is 40.9 Å². The number of nitrogens with one attached hydrogen (secondary N) is 1. The summed E-state index contributed by atoms with van der Waals surface area (Å²) in [6, 6.07) is 3.44. The molecule has 21 heavy (non-hydrogen) atoms. The summed E-state index contributed by atoms with van der Waals surface area (Å²) in [4.78, 5) is 23.1. The first kappa shape index (κ1) is 13.5. The maximum atomic E-state index is 12.5. The maximum absolute atomic E-state index is 12.5. The minimum Gasteiger partial charge on any atom is -0.373 e. The second kappa shape index (κ2) is 5.51. The highest BCUT2D eigenvalue weighted by atomic mass is 16.5. The van der Waals surface area contributed by atoms with E-state index in [4.69, 9.17) is 4.52 Å². The van der Waals surface area contributed by atoms with Crippen LogP contribution in [-0.2, 0) is 0 Å². The maximum Gasteiger partial charge on any atom is 0.276 e. The summed E-state index contributed by atoms with van der Waals surface area (Å²) in [6.45, 7) is 2.55. The van der Waals surface area contributed by atoms with E-state index in [0.717, 1.165) is 24.4 Å². The normalized spacial score (nSPS) is 18.0. The second-order valence-electron chi connectivity index (χ2n) is 5.02. The Hall–Kier alpha value is -2.44. The number of nitrogens with zero attached hydrogens (tertiary/aromatic N) is 4. The van der Waals surface area contributed by atoms with Gasteiger partial charge in [0, 0.05) is 25.7 Å². The quantitative estimate of drug-likeness (QED) is 0.926. The van der Waals surface area contributed by atoms with Gasteiger partial charge in [-0.1, -0.05) is 5.16 Å². The van der Waals surface area contributed by atoms with Gasteiger partial charge in [-0.2, -0.15) is 0 Å². The second-order valence-corrected chi connectivity index (χ2v) is 5.02. The molecule has 0 aliphatic carbocycles. The van der Waals surface area contributed by atoms with Crippen LogP contribution in [0.2, 0.25) is 0 Å². The molecule has 1 fully saturated rings. The molecule has 1 saturated heterocycles. The van der Waals surface area contributed by atoms with Crippen molar-refractivity contribution in [3.05, 3.63) is 35.6 Å². The van der Waals surface area contributed by atoms with Crippen LogP contribution in [0.15, 0.2) is 22.9 Å². The van der Waals surface area contributed by atoms with Gasteiger partial charge in [-0.15, -0.1) is 0 Å². The molecule has 0 radical (unpaired) electrons. The standard InChI is InChI=1S/C14H17N5O2/c1-9-16-11(8-13(15-2)17-9)12-4-3-6-19(12)14(20)10-5-7-21-18-10/h5,7-8,12H,3-4,6H2,1-2H3,(H,15,16,17)/t12-/m0/s1. The van der Waals surface area contributed by atoms with Crippen molar-refractivity contribution in [2.45, 2.75) is 25.8 Å². The van der Waals surface area contributed by atoms with Crippen LogP contribution in [0, 0.1) is 6.92 Å². The third-order valence-electron chi connectivity index (χ3n) is 3.63. The molecule has 3 rings (SSSR count). The highest BCUT2D eigenvalue weighted by Crippen LogP contribution is 2.32. The number of anilines is 1. The molecule has 3 heterocycles. The third-order valence-corrected chi connectivity index (χ3v) is 3.63. The van der Waals surface area contributed by atoms with Crippen molar-refractivity contribution in [3.8, 4) is 0 Å². The van der Waals surface area contributed by atoms with Crippen LogP contribution in [0.5, 0.6) is 0 Å². The van der Waals surface area contributed by atoms with Gasteiger partial charge in [-0.3, -0.25) is 4.79 Å². The summed E-state index contributed by atoms with van der Waals surface area (Å²) < 4.78 is 4.76. The lowest BCUT2D eigenvalue weighted by molar-refractivity contribution is 0.0722. The van der Waals surface area contributed by atoms with Crippen LogP contribution >= 0.6 is 0 Å². The van der Waals surface area contributed by atoms with E-state index in [1.54, 1.807) is 11.0 Å². The lowest BCUT2D eigenvalue weighted by Gasteiger charge is -2.23. The fourth-order valence-electron chi connectivity index (χ4n) is 2.68. The zero-order valence-electron chi connectivity index (χ0n) is 12.0. The van der Waals surface area contributed by atoms with Crippen molar-refractivity contribution < 1.29 is 9.32 Å². The molecular weight excluding hydrogens is 270 g/mol. The Balaban J connectivity index is 1.90. The van der Waals surface area contributed by atoms with Crippen molar-refractivity contribution in [2.75, 3.05) is 18.9 Å². The molecule has 0 spiro atoms. The minimum atomic E-state index is -0.117. The molecule has 1 N–H and O–H groups in total. The fraction of sp³-hybridized carbons (Fsp3) is 0.429. The Labute approximate surface area is 122 Å². The monoisotopic (exact) mass is 287 g/mol. The van der Waals surface area contributed by atoms with E-state index in [0.29, 0.717) is 18.1 Å². The molecule has 2 aromatic heterocycles. The van der Waals surface area contributed by atoms with Gasteiger partial charge in [-0.25, -0.2) is 9.97 Å². The lowest BCUT2D eigenvalue weighted by atomic mass is 10.1. The van der Waals surface area contributed by atoms with E-state index < -0.39 is 0 Å². The van der Waals surface area contributed by atoms with Gasteiger partial charge in [-0.05, 0) is 19.8 Å². The molecule has 1 aliphatic heterocycles. The Kier molecular flexibility index (Phi) is 3.55. The topological polar surface area (TPSA) is 84.2 Å². The van der Waals surface area contributed by atoms with Crippen molar-refractivity contribution in [2.24, 2.45) is 0 Å². The van der Waals surface area contributed by atoms with Crippen LogP contribution in [-0.4, -0.2) is 39.5 Å². The molecule has 0 bridgehead atoms. The van der Waals surface area contributed by atoms with E-state index in [1.807, 2.05) is 20.0 Å². The number of amides is 1. The Morgan fingerprint density at radius 3 is 3.05 bits per heavy atom. The summed E-state index contributed by atoms with van der Waals surface area (Å²) in [5, 5.41) is 6.75. The first-order valence-corrected chi connectivity index (χ1v) is 6.93. The van der Waals surface area contributed by atoms with Crippen molar-refractivity contribution >= 4 is 11.7 Å². The number of rotatable bonds is 3. The van der Waals surface area contributed by atoms with Crippen LogP contribution in [0.4, 0.5) is 5.82 Å². The molecule has 110 valence electrons. The summed E-state index contributed by atoms with van der Waals surface area (Å²) in [5.41, 5.74) is 1.20. The van der Waals surface area contributed by atoms with Crippen LogP contribution in [0.25, 0.3) is 0 Å². The zero-order chi connectivity index (χ0) is 14.8. The molecule has 1 amide bonds. The number of hydrogen-bond acceptors (Lipinski definition) is 6. The molecule has 1 aliphatic rings. The Bertz CT molecular complexity index is 641. The highest BCUT2D eigenvalue weighted by molar-refractivity contribution is 5.92. The summed E-state index contributed by atoms with van der Waals surface area (Å²) in [5.74, 6) is 1.34. The number of aryl methyl sites for hydroxylation is 1. The Morgan fingerprint density at radius 1 is 1.48 bits per heavy atom. The number of hydrogen-bond donors (Lipinski definition) is 1. The van der Waals surface area contributed by atoms with E-state index in [9.17, 15) is 4.79 Å². The van der Waals surface area contributed by atoms with Crippen LogP contribution in [0.3, 0.4) is 0 Å². The predicted molar refractivity (Wildman–Crippen MR) is 75.8 cm³/mol. The van der Waals surface area contributed by atoms with Gasteiger partial charge in [0.1, 0.15) is 17.9 Å². The Morgan fingerprint density at radius 2 is 2.33 bits per heavy atom. The van der Waals surface area contributed by atoms with Crippen molar-refractivity contribution in [3.63, 3.8) is 0 Å². The van der Waals surface area contributed by atoms with Gasteiger partial charge in [0.15, 0.2) is 5.69 Å². The van der Waals surface area contributed by atoms with Crippen molar-refractivity contribution in [1.29, 1.82) is 0 Å². The number of aromatic nitrogens is 3. The number of likely N-dealkylation sites (tertiary alicyclic amines) is 1. The third kappa shape index (κ3) is 2.58. The highest BCUT2D eigenvalue weighted by Gasteiger charge is 2.33. The molecule has 0 aromatic carbocycles. The predicted octanol–water partition coefficient (Wildman–Crippen LogP) is 1.79. The average molecular weight is 287 g/mol. The molecule has 7 heteroatoms. The van der Waals surface area contributed by atoms with E-state index in [2.05, 4.69) is 20.4 Å².